The zero-order valence-electron chi connectivity index (χ0n) is 9.97. The van der Waals surface area contributed by atoms with E-state index in [1.165, 1.54) is 13.4 Å². The number of aromatic nitrogens is 2. The molecule has 1 atom stereocenters. The van der Waals surface area contributed by atoms with Gasteiger partial charge < -0.3 is 25.5 Å². The minimum absolute atomic E-state index is 0.212. The molecule has 0 radical (unpaired) electrons. The van der Waals surface area contributed by atoms with Crippen molar-refractivity contribution in [3.05, 3.63) is 18.2 Å². The van der Waals surface area contributed by atoms with Gasteiger partial charge in [-0.15, -0.1) is 0 Å². The van der Waals surface area contributed by atoms with E-state index in [1.54, 1.807) is 6.20 Å². The van der Waals surface area contributed by atoms with Crippen molar-refractivity contribution in [3.63, 3.8) is 0 Å². The number of aliphatic carboxylic acids is 1. The lowest BCUT2D eigenvalue weighted by atomic mass is 10.2. The van der Waals surface area contributed by atoms with Crippen LogP contribution in [0.1, 0.15) is 12.1 Å². The zero-order valence-corrected chi connectivity index (χ0v) is 9.97. The molecule has 0 fully saturated rings. The van der Waals surface area contributed by atoms with Gasteiger partial charge in [-0.2, -0.15) is 0 Å². The Morgan fingerprint density at radius 1 is 1.61 bits per heavy atom. The predicted octanol–water partition coefficient (Wildman–Crippen LogP) is -0.301. The molecule has 0 aromatic carbocycles. The molecule has 1 aromatic rings. The number of imidazole rings is 1. The molecule has 8 heteroatoms. The molecule has 0 aliphatic rings. The van der Waals surface area contributed by atoms with Crippen molar-refractivity contribution in [2.45, 2.75) is 19.0 Å². The molecule has 1 aromatic heterocycles. The quantitative estimate of drug-likeness (QED) is 0.534. The first kappa shape index (κ1) is 14.0. The minimum atomic E-state index is -1.09. The van der Waals surface area contributed by atoms with Crippen LogP contribution in [0.2, 0.25) is 0 Å². The summed E-state index contributed by atoms with van der Waals surface area (Å²) >= 11 is 0. The van der Waals surface area contributed by atoms with Gasteiger partial charge in [-0.25, -0.2) is 14.6 Å². The van der Waals surface area contributed by atoms with E-state index in [9.17, 15) is 9.59 Å². The number of amides is 2. The van der Waals surface area contributed by atoms with Crippen molar-refractivity contribution in [3.8, 4) is 0 Å². The maximum absolute atomic E-state index is 11.5. The van der Waals surface area contributed by atoms with Gasteiger partial charge in [0.15, 0.2) is 0 Å². The van der Waals surface area contributed by atoms with E-state index in [0.29, 0.717) is 0 Å². The molecule has 0 saturated heterocycles. The minimum Gasteiger partial charge on any atom is -0.480 e. The molecule has 0 aliphatic carbocycles. The van der Waals surface area contributed by atoms with E-state index in [0.717, 1.165) is 5.69 Å². The number of ether oxygens (including phenoxy) is 1. The Hall–Kier alpha value is -2.09. The van der Waals surface area contributed by atoms with E-state index in [4.69, 9.17) is 9.84 Å². The molecule has 0 aliphatic heterocycles. The fraction of sp³-hybridized carbons (Fsp3) is 0.500. The summed E-state index contributed by atoms with van der Waals surface area (Å²) in [5, 5.41) is 13.8. The molecular weight excluding hydrogens is 240 g/mol. The van der Waals surface area contributed by atoms with Gasteiger partial charge in [0.05, 0.1) is 18.6 Å². The first-order valence-electron chi connectivity index (χ1n) is 5.37. The normalized spacial score (nSPS) is 11.8. The lowest BCUT2D eigenvalue weighted by molar-refractivity contribution is -0.139. The molecule has 1 rings (SSSR count). The van der Waals surface area contributed by atoms with Crippen LogP contribution in [0, 0.1) is 0 Å². The van der Waals surface area contributed by atoms with E-state index < -0.39 is 18.0 Å². The highest BCUT2D eigenvalue weighted by Crippen LogP contribution is 1.94. The van der Waals surface area contributed by atoms with Crippen LogP contribution >= 0.6 is 0 Å². The number of methoxy groups -OCH3 is 1. The molecule has 100 valence electrons. The maximum Gasteiger partial charge on any atom is 0.326 e. The number of H-pyrrole nitrogens is 1. The average Bonchev–Trinajstić information content (AvgIpc) is 2.84. The monoisotopic (exact) mass is 256 g/mol. The number of carbonyl (C=O) groups is 2. The Labute approximate surface area is 104 Å². The highest BCUT2D eigenvalue weighted by molar-refractivity contribution is 5.82. The molecule has 18 heavy (non-hydrogen) atoms. The van der Waals surface area contributed by atoms with Gasteiger partial charge in [0.1, 0.15) is 6.04 Å². The van der Waals surface area contributed by atoms with E-state index in [-0.39, 0.29) is 19.6 Å². The Balaban J connectivity index is 2.34. The van der Waals surface area contributed by atoms with Crippen LogP contribution < -0.4 is 10.6 Å². The highest BCUT2D eigenvalue weighted by atomic mass is 16.5. The third-order valence-electron chi connectivity index (χ3n) is 2.21. The molecule has 1 heterocycles. The number of rotatable bonds is 7. The zero-order chi connectivity index (χ0) is 13.4. The van der Waals surface area contributed by atoms with Gasteiger partial charge in [-0.05, 0) is 0 Å². The van der Waals surface area contributed by atoms with E-state index in [2.05, 4.69) is 20.6 Å². The summed E-state index contributed by atoms with van der Waals surface area (Å²) in [7, 11) is 1.47. The summed E-state index contributed by atoms with van der Waals surface area (Å²) < 4.78 is 4.77. The lowest BCUT2D eigenvalue weighted by Crippen LogP contribution is -2.46. The van der Waals surface area contributed by atoms with Gasteiger partial charge in [0.25, 0.3) is 0 Å². The number of hydrogen-bond donors (Lipinski definition) is 4. The molecule has 2 amide bonds. The molecular formula is C10H16N4O4. The smallest absolute Gasteiger partial charge is 0.326 e. The molecule has 0 spiro atoms. The van der Waals surface area contributed by atoms with Crippen molar-refractivity contribution in [1.82, 2.24) is 20.6 Å². The number of aromatic amines is 1. The van der Waals surface area contributed by atoms with Crippen molar-refractivity contribution in [2.75, 3.05) is 13.7 Å². The van der Waals surface area contributed by atoms with Gasteiger partial charge in [0.2, 0.25) is 0 Å². The summed E-state index contributed by atoms with van der Waals surface area (Å²) in [6.07, 6.45) is 3.27. The van der Waals surface area contributed by atoms with Crippen LogP contribution in [0.4, 0.5) is 4.79 Å². The Morgan fingerprint density at radius 2 is 2.39 bits per heavy atom. The number of nitrogens with one attached hydrogen (secondary N) is 3. The number of carboxylic acid groups (broad SMARTS) is 1. The van der Waals surface area contributed by atoms with Gasteiger partial charge in [-0.3, -0.25) is 0 Å². The van der Waals surface area contributed by atoms with Crippen molar-refractivity contribution < 1.29 is 19.4 Å². The summed E-state index contributed by atoms with van der Waals surface area (Å²) in [5.74, 6) is -1.09. The summed E-state index contributed by atoms with van der Waals surface area (Å²) in [6.45, 7) is 0.514. The second-order valence-corrected chi connectivity index (χ2v) is 3.58. The summed E-state index contributed by atoms with van der Waals surface area (Å²) in [6, 6.07) is -1.51. The molecule has 4 N–H and O–H groups in total. The van der Waals surface area contributed by atoms with Gasteiger partial charge in [-0.1, -0.05) is 0 Å². The SMILES string of the molecule is COCCC(NC(=O)NCc1cnc[nH]1)C(=O)O. The number of carboxylic acids is 1. The molecule has 8 nitrogen and oxygen atoms in total. The topological polar surface area (TPSA) is 116 Å². The molecule has 1 unspecified atom stereocenters. The lowest BCUT2D eigenvalue weighted by Gasteiger charge is -2.14. The first-order valence-corrected chi connectivity index (χ1v) is 5.37. The van der Waals surface area contributed by atoms with E-state index in [1.807, 2.05) is 0 Å². The second-order valence-electron chi connectivity index (χ2n) is 3.58. The van der Waals surface area contributed by atoms with Gasteiger partial charge in [0, 0.05) is 26.3 Å². The number of urea groups is 1. The van der Waals surface area contributed by atoms with Crippen LogP contribution in [-0.2, 0) is 16.1 Å². The predicted molar refractivity (Wildman–Crippen MR) is 61.9 cm³/mol. The van der Waals surface area contributed by atoms with Crippen LogP contribution in [0.3, 0.4) is 0 Å². The molecule has 0 saturated carbocycles. The van der Waals surface area contributed by atoms with Crippen LogP contribution in [-0.4, -0.2) is 46.8 Å². The molecule has 0 bridgehead atoms. The van der Waals surface area contributed by atoms with Crippen molar-refractivity contribution in [2.24, 2.45) is 0 Å². The standard InChI is InChI=1S/C10H16N4O4/c1-18-3-2-8(9(15)16)14-10(17)12-5-7-4-11-6-13-7/h4,6,8H,2-3,5H2,1H3,(H,11,13)(H,15,16)(H2,12,14,17). The Morgan fingerprint density at radius 3 is 2.94 bits per heavy atom. The van der Waals surface area contributed by atoms with E-state index >= 15 is 0 Å². The van der Waals surface area contributed by atoms with Crippen molar-refractivity contribution in [1.29, 1.82) is 0 Å². The fourth-order valence-electron chi connectivity index (χ4n) is 1.26. The van der Waals surface area contributed by atoms with Gasteiger partial charge >= 0.3 is 12.0 Å². The second kappa shape index (κ2) is 7.28. The number of nitrogens with zero attached hydrogens (tertiary/aromatic N) is 1. The third kappa shape index (κ3) is 4.83. The third-order valence-corrected chi connectivity index (χ3v) is 2.21. The van der Waals surface area contributed by atoms with Crippen molar-refractivity contribution >= 4 is 12.0 Å². The first-order chi connectivity index (χ1) is 8.63. The fourth-order valence-corrected chi connectivity index (χ4v) is 1.26. The Kier molecular flexibility index (Phi) is 5.65. The van der Waals surface area contributed by atoms with Crippen LogP contribution in [0.15, 0.2) is 12.5 Å². The largest absolute Gasteiger partial charge is 0.480 e. The van der Waals surface area contributed by atoms with Crippen LogP contribution in [0.25, 0.3) is 0 Å². The maximum atomic E-state index is 11.5. The highest BCUT2D eigenvalue weighted by Gasteiger charge is 2.19. The summed E-state index contributed by atoms with van der Waals surface area (Å²) in [5.41, 5.74) is 0.730. The summed E-state index contributed by atoms with van der Waals surface area (Å²) in [4.78, 5) is 28.9. The van der Waals surface area contributed by atoms with Crippen LogP contribution in [0.5, 0.6) is 0 Å². The Bertz CT molecular complexity index is 379. The number of carbonyl (C=O) groups excluding carboxylic acids is 1. The average molecular weight is 256 g/mol. The number of hydrogen-bond acceptors (Lipinski definition) is 4.